The minimum atomic E-state index is -0.0676. The number of carbonyl (C=O) groups is 1. The highest BCUT2D eigenvalue weighted by Gasteiger charge is 2.03. The Kier molecular flexibility index (Phi) is 6.21. The van der Waals surface area contributed by atoms with E-state index in [1.165, 1.54) is 10.9 Å². The van der Waals surface area contributed by atoms with Crippen LogP contribution in [0, 0.1) is 5.92 Å². The summed E-state index contributed by atoms with van der Waals surface area (Å²) in [6.45, 7) is 6.47. The van der Waals surface area contributed by atoms with E-state index in [9.17, 15) is 4.79 Å². The number of aromatic nitrogens is 2. The second-order valence-electron chi connectivity index (χ2n) is 4.64. The molecule has 6 heteroatoms. The minimum absolute atomic E-state index is 0.0676. The zero-order chi connectivity index (χ0) is 13.4. The van der Waals surface area contributed by atoms with Crippen LogP contribution < -0.4 is 11.1 Å². The molecule has 0 bridgehead atoms. The molecule has 0 spiro atoms. The summed E-state index contributed by atoms with van der Waals surface area (Å²) >= 11 is 0. The number of carbonyl (C=O) groups excluding carboxylic acids is 1. The average molecular weight is 254 g/mol. The predicted molar refractivity (Wildman–Crippen MR) is 69.9 cm³/mol. The van der Waals surface area contributed by atoms with E-state index in [1.807, 2.05) is 0 Å². The Hall–Kier alpha value is -1.56. The van der Waals surface area contributed by atoms with Gasteiger partial charge >= 0.3 is 0 Å². The molecule has 1 amide bonds. The predicted octanol–water partition coefficient (Wildman–Crippen LogP) is 0.644. The molecule has 1 heterocycles. The van der Waals surface area contributed by atoms with Crippen LogP contribution in [0.2, 0.25) is 0 Å². The maximum Gasteiger partial charge on any atom is 0.241 e. The number of ether oxygens (including phenoxy) is 1. The molecule has 0 saturated heterocycles. The Morgan fingerprint density at radius 3 is 3.00 bits per heavy atom. The molecule has 0 aliphatic carbocycles. The SMILES string of the molecule is CC(C)COCCCNC(=O)Cn1cc(N)cn1. The third-order valence-electron chi connectivity index (χ3n) is 2.20. The van der Waals surface area contributed by atoms with Crippen molar-refractivity contribution in [3.63, 3.8) is 0 Å². The summed E-state index contributed by atoms with van der Waals surface area (Å²) in [7, 11) is 0. The smallest absolute Gasteiger partial charge is 0.241 e. The first-order valence-electron chi connectivity index (χ1n) is 6.20. The quantitative estimate of drug-likeness (QED) is 0.667. The fourth-order valence-electron chi connectivity index (χ4n) is 1.39. The Bertz CT molecular complexity index is 363. The number of nitrogens with zero attached hydrogens (tertiary/aromatic N) is 2. The molecule has 0 saturated carbocycles. The van der Waals surface area contributed by atoms with Gasteiger partial charge in [0, 0.05) is 26.0 Å². The van der Waals surface area contributed by atoms with Crippen molar-refractivity contribution < 1.29 is 9.53 Å². The average Bonchev–Trinajstić information content (AvgIpc) is 2.68. The topological polar surface area (TPSA) is 82.2 Å². The van der Waals surface area contributed by atoms with Gasteiger partial charge < -0.3 is 15.8 Å². The van der Waals surface area contributed by atoms with Gasteiger partial charge in [-0.1, -0.05) is 13.8 Å². The van der Waals surface area contributed by atoms with Crippen LogP contribution in [0.5, 0.6) is 0 Å². The molecule has 0 fully saturated rings. The molecule has 0 radical (unpaired) electrons. The summed E-state index contributed by atoms with van der Waals surface area (Å²) in [5, 5.41) is 6.75. The van der Waals surface area contributed by atoms with E-state index in [2.05, 4.69) is 24.3 Å². The van der Waals surface area contributed by atoms with Crippen LogP contribution in [-0.4, -0.2) is 35.4 Å². The van der Waals surface area contributed by atoms with Crippen LogP contribution in [0.4, 0.5) is 5.69 Å². The van der Waals surface area contributed by atoms with Crippen molar-refractivity contribution in [3.8, 4) is 0 Å². The molecule has 6 nitrogen and oxygen atoms in total. The lowest BCUT2D eigenvalue weighted by molar-refractivity contribution is -0.121. The van der Waals surface area contributed by atoms with Gasteiger partial charge in [0.05, 0.1) is 11.9 Å². The van der Waals surface area contributed by atoms with E-state index >= 15 is 0 Å². The third-order valence-corrected chi connectivity index (χ3v) is 2.20. The fourth-order valence-corrected chi connectivity index (χ4v) is 1.39. The van der Waals surface area contributed by atoms with Gasteiger partial charge in [-0.15, -0.1) is 0 Å². The number of nitrogens with one attached hydrogen (secondary N) is 1. The Balaban J connectivity index is 2.03. The number of nitrogens with two attached hydrogens (primary N) is 1. The minimum Gasteiger partial charge on any atom is -0.396 e. The lowest BCUT2D eigenvalue weighted by Crippen LogP contribution is -2.29. The van der Waals surface area contributed by atoms with E-state index in [0.29, 0.717) is 24.8 Å². The number of rotatable bonds is 8. The summed E-state index contributed by atoms with van der Waals surface area (Å²) < 4.78 is 6.93. The summed E-state index contributed by atoms with van der Waals surface area (Å²) in [5.41, 5.74) is 6.06. The molecule has 1 rings (SSSR count). The van der Waals surface area contributed by atoms with E-state index in [0.717, 1.165) is 13.0 Å². The van der Waals surface area contributed by atoms with Crippen molar-refractivity contribution in [1.29, 1.82) is 0 Å². The normalized spacial score (nSPS) is 10.8. The van der Waals surface area contributed by atoms with Gasteiger partial charge in [0.15, 0.2) is 0 Å². The summed E-state index contributed by atoms with van der Waals surface area (Å²) in [6, 6.07) is 0. The van der Waals surface area contributed by atoms with Crippen molar-refractivity contribution in [2.45, 2.75) is 26.8 Å². The van der Waals surface area contributed by atoms with Gasteiger partial charge in [0.25, 0.3) is 0 Å². The lowest BCUT2D eigenvalue weighted by atomic mass is 10.2. The van der Waals surface area contributed by atoms with Gasteiger partial charge in [0.2, 0.25) is 5.91 Å². The van der Waals surface area contributed by atoms with Crippen molar-refractivity contribution >= 4 is 11.6 Å². The molecular weight excluding hydrogens is 232 g/mol. The summed E-state index contributed by atoms with van der Waals surface area (Å²) in [6.07, 6.45) is 3.97. The van der Waals surface area contributed by atoms with Gasteiger partial charge in [-0.05, 0) is 12.3 Å². The molecule has 0 aliphatic heterocycles. The Labute approximate surface area is 107 Å². The number of hydrogen-bond donors (Lipinski definition) is 2. The van der Waals surface area contributed by atoms with Crippen LogP contribution in [0.25, 0.3) is 0 Å². The largest absolute Gasteiger partial charge is 0.396 e. The molecule has 0 unspecified atom stereocenters. The molecule has 0 atom stereocenters. The molecule has 0 aromatic carbocycles. The van der Waals surface area contributed by atoms with Crippen molar-refractivity contribution in [3.05, 3.63) is 12.4 Å². The third kappa shape index (κ3) is 6.24. The first-order valence-corrected chi connectivity index (χ1v) is 6.20. The highest BCUT2D eigenvalue weighted by Crippen LogP contribution is 1.97. The summed E-state index contributed by atoms with van der Waals surface area (Å²) in [4.78, 5) is 11.5. The van der Waals surface area contributed by atoms with E-state index in [1.54, 1.807) is 6.20 Å². The first kappa shape index (κ1) is 14.5. The highest BCUT2D eigenvalue weighted by molar-refractivity contribution is 5.75. The molecule has 1 aromatic heterocycles. The van der Waals surface area contributed by atoms with Crippen LogP contribution in [-0.2, 0) is 16.1 Å². The number of hydrogen-bond acceptors (Lipinski definition) is 4. The molecule has 102 valence electrons. The summed E-state index contributed by atoms with van der Waals surface area (Å²) in [5.74, 6) is 0.479. The highest BCUT2D eigenvalue weighted by atomic mass is 16.5. The van der Waals surface area contributed by atoms with Crippen molar-refractivity contribution in [2.75, 3.05) is 25.5 Å². The fraction of sp³-hybridized carbons (Fsp3) is 0.667. The first-order chi connectivity index (χ1) is 8.58. The zero-order valence-electron chi connectivity index (χ0n) is 11.1. The van der Waals surface area contributed by atoms with Crippen LogP contribution in [0.1, 0.15) is 20.3 Å². The van der Waals surface area contributed by atoms with E-state index < -0.39 is 0 Å². The van der Waals surface area contributed by atoms with Crippen LogP contribution in [0.3, 0.4) is 0 Å². The molecular formula is C12H22N4O2. The van der Waals surface area contributed by atoms with E-state index in [-0.39, 0.29) is 12.5 Å². The van der Waals surface area contributed by atoms with Gasteiger partial charge in [-0.25, -0.2) is 0 Å². The maximum atomic E-state index is 11.5. The van der Waals surface area contributed by atoms with E-state index in [4.69, 9.17) is 10.5 Å². The molecule has 18 heavy (non-hydrogen) atoms. The van der Waals surface area contributed by atoms with Crippen LogP contribution >= 0.6 is 0 Å². The van der Waals surface area contributed by atoms with Crippen LogP contribution in [0.15, 0.2) is 12.4 Å². The Morgan fingerprint density at radius 1 is 1.61 bits per heavy atom. The van der Waals surface area contributed by atoms with Gasteiger partial charge in [-0.2, -0.15) is 5.10 Å². The second kappa shape index (κ2) is 7.71. The maximum absolute atomic E-state index is 11.5. The number of amides is 1. The van der Waals surface area contributed by atoms with Crippen molar-refractivity contribution in [1.82, 2.24) is 15.1 Å². The standard InChI is InChI=1S/C12H22N4O2/c1-10(2)9-18-5-3-4-14-12(17)8-16-7-11(13)6-15-16/h6-7,10H,3-5,8-9,13H2,1-2H3,(H,14,17). The molecule has 3 N–H and O–H groups in total. The Morgan fingerprint density at radius 2 is 2.39 bits per heavy atom. The number of nitrogen functional groups attached to an aromatic ring is 1. The van der Waals surface area contributed by atoms with Crippen molar-refractivity contribution in [2.24, 2.45) is 5.92 Å². The molecule has 1 aromatic rings. The lowest BCUT2D eigenvalue weighted by Gasteiger charge is -2.07. The van der Waals surface area contributed by atoms with Gasteiger partial charge in [0.1, 0.15) is 6.54 Å². The molecule has 0 aliphatic rings. The zero-order valence-corrected chi connectivity index (χ0v) is 11.1. The monoisotopic (exact) mass is 254 g/mol. The second-order valence-corrected chi connectivity index (χ2v) is 4.64. The number of anilines is 1. The van der Waals surface area contributed by atoms with Gasteiger partial charge in [-0.3, -0.25) is 9.48 Å².